The largest absolute Gasteiger partial charge is 0.481 e. The molecule has 2 unspecified atom stereocenters. The van der Waals surface area contributed by atoms with Gasteiger partial charge in [-0.3, -0.25) is 4.79 Å². The first-order chi connectivity index (χ1) is 9.54. The predicted octanol–water partition coefficient (Wildman–Crippen LogP) is 2.95. The smallest absolute Gasteiger partial charge is 0.307 e. The van der Waals surface area contributed by atoms with Crippen molar-refractivity contribution in [1.29, 1.82) is 0 Å². The summed E-state index contributed by atoms with van der Waals surface area (Å²) in [7, 11) is 0. The molecule has 1 aromatic carbocycles. The highest BCUT2D eigenvalue weighted by atomic mass is 16.4. The van der Waals surface area contributed by atoms with Gasteiger partial charge in [0, 0.05) is 17.2 Å². The van der Waals surface area contributed by atoms with Crippen molar-refractivity contribution in [3.8, 4) is 11.3 Å². The molecule has 4 nitrogen and oxygen atoms in total. The van der Waals surface area contributed by atoms with Crippen LogP contribution in [-0.4, -0.2) is 21.0 Å². The third-order valence-electron chi connectivity index (χ3n) is 3.66. The van der Waals surface area contributed by atoms with Gasteiger partial charge in [-0.25, -0.2) is 9.97 Å². The van der Waals surface area contributed by atoms with E-state index in [0.29, 0.717) is 12.2 Å². The number of hydrogen-bond acceptors (Lipinski definition) is 3. The molecule has 1 aliphatic carbocycles. The van der Waals surface area contributed by atoms with Crippen LogP contribution in [0.2, 0.25) is 0 Å². The van der Waals surface area contributed by atoms with Gasteiger partial charge >= 0.3 is 5.97 Å². The van der Waals surface area contributed by atoms with Crippen LogP contribution >= 0.6 is 0 Å². The Morgan fingerprint density at radius 2 is 1.90 bits per heavy atom. The highest BCUT2D eigenvalue weighted by Gasteiger charge is 2.46. The molecule has 20 heavy (non-hydrogen) atoms. The first-order valence-electron chi connectivity index (χ1n) is 6.70. The predicted molar refractivity (Wildman–Crippen MR) is 75.4 cm³/mol. The number of carboxylic acid groups (broad SMARTS) is 1. The number of hydrogen-bond donors (Lipinski definition) is 1. The van der Waals surface area contributed by atoms with Gasteiger partial charge in [-0.05, 0) is 26.3 Å². The van der Waals surface area contributed by atoms with E-state index in [1.54, 1.807) is 0 Å². The van der Waals surface area contributed by atoms with Crippen LogP contribution in [-0.2, 0) is 4.79 Å². The van der Waals surface area contributed by atoms with E-state index in [1.165, 1.54) is 5.56 Å². The summed E-state index contributed by atoms with van der Waals surface area (Å²) in [6.07, 6.45) is 0.645. The second-order valence-corrected chi connectivity index (χ2v) is 5.41. The SMILES string of the molecule is Cc1ccc(-c2cc(C)nc(C3CC3C(=O)O)n2)cc1. The lowest BCUT2D eigenvalue weighted by molar-refractivity contribution is -0.138. The molecule has 0 aliphatic heterocycles. The quantitative estimate of drug-likeness (QED) is 0.929. The molecule has 1 fully saturated rings. The molecule has 0 amide bonds. The Labute approximate surface area is 117 Å². The third kappa shape index (κ3) is 2.41. The Kier molecular flexibility index (Phi) is 3.01. The van der Waals surface area contributed by atoms with E-state index in [4.69, 9.17) is 5.11 Å². The van der Waals surface area contributed by atoms with Crippen LogP contribution in [0.15, 0.2) is 30.3 Å². The van der Waals surface area contributed by atoms with Gasteiger partial charge in [0.2, 0.25) is 0 Å². The molecular formula is C16H16N2O2. The average Bonchev–Trinajstić information content (AvgIpc) is 3.19. The van der Waals surface area contributed by atoms with Crippen molar-refractivity contribution in [1.82, 2.24) is 9.97 Å². The van der Waals surface area contributed by atoms with Crippen LogP contribution in [0, 0.1) is 19.8 Å². The summed E-state index contributed by atoms with van der Waals surface area (Å²) < 4.78 is 0. The van der Waals surface area contributed by atoms with E-state index in [9.17, 15) is 4.79 Å². The summed E-state index contributed by atoms with van der Waals surface area (Å²) in [5.41, 5.74) is 3.98. The Morgan fingerprint density at radius 1 is 1.20 bits per heavy atom. The fourth-order valence-corrected chi connectivity index (χ4v) is 2.38. The van der Waals surface area contributed by atoms with E-state index in [2.05, 4.69) is 9.97 Å². The van der Waals surface area contributed by atoms with Crippen LogP contribution < -0.4 is 0 Å². The van der Waals surface area contributed by atoms with E-state index in [0.717, 1.165) is 17.0 Å². The Morgan fingerprint density at radius 3 is 2.50 bits per heavy atom. The lowest BCUT2D eigenvalue weighted by Gasteiger charge is -2.06. The minimum atomic E-state index is -0.753. The number of carbonyl (C=O) groups is 1. The van der Waals surface area contributed by atoms with E-state index in [1.807, 2.05) is 44.2 Å². The minimum Gasteiger partial charge on any atom is -0.481 e. The van der Waals surface area contributed by atoms with Gasteiger partial charge in [-0.1, -0.05) is 29.8 Å². The topological polar surface area (TPSA) is 63.1 Å². The summed E-state index contributed by atoms with van der Waals surface area (Å²) in [5.74, 6) is -0.441. The molecule has 1 aromatic heterocycles. The number of benzene rings is 1. The molecule has 0 spiro atoms. The van der Waals surface area contributed by atoms with Crippen molar-refractivity contribution >= 4 is 5.97 Å². The van der Waals surface area contributed by atoms with Crippen molar-refractivity contribution in [2.24, 2.45) is 5.92 Å². The molecule has 1 saturated carbocycles. The maximum Gasteiger partial charge on any atom is 0.307 e. The zero-order valence-corrected chi connectivity index (χ0v) is 11.5. The molecule has 1 aliphatic rings. The number of nitrogens with zero attached hydrogens (tertiary/aromatic N) is 2. The zero-order chi connectivity index (χ0) is 14.3. The molecule has 3 rings (SSSR count). The van der Waals surface area contributed by atoms with Crippen LogP contribution in [0.1, 0.15) is 29.4 Å². The normalized spacial score (nSPS) is 20.7. The lowest BCUT2D eigenvalue weighted by atomic mass is 10.1. The summed E-state index contributed by atoms with van der Waals surface area (Å²) in [6.45, 7) is 3.96. The third-order valence-corrected chi connectivity index (χ3v) is 3.66. The first-order valence-corrected chi connectivity index (χ1v) is 6.70. The van der Waals surface area contributed by atoms with Crippen LogP contribution in [0.5, 0.6) is 0 Å². The lowest BCUT2D eigenvalue weighted by Crippen LogP contribution is -2.03. The standard InChI is InChI=1S/C16H16N2O2/c1-9-3-5-11(6-4-9)14-7-10(2)17-15(18-14)12-8-13(12)16(19)20/h3-7,12-13H,8H2,1-2H3,(H,19,20). The van der Waals surface area contributed by atoms with Crippen LogP contribution in [0.3, 0.4) is 0 Å². The van der Waals surface area contributed by atoms with E-state index >= 15 is 0 Å². The molecule has 2 aromatic rings. The molecule has 102 valence electrons. The molecule has 0 saturated heterocycles. The Bertz CT molecular complexity index is 665. The van der Waals surface area contributed by atoms with Gasteiger partial charge in [-0.2, -0.15) is 0 Å². The molecule has 0 radical (unpaired) electrons. The fourth-order valence-electron chi connectivity index (χ4n) is 2.38. The van der Waals surface area contributed by atoms with Gasteiger partial charge in [-0.15, -0.1) is 0 Å². The van der Waals surface area contributed by atoms with Gasteiger partial charge in [0.05, 0.1) is 11.6 Å². The van der Waals surface area contributed by atoms with Crippen molar-refractivity contribution in [2.75, 3.05) is 0 Å². The molecular weight excluding hydrogens is 252 g/mol. The monoisotopic (exact) mass is 268 g/mol. The maximum atomic E-state index is 11.0. The van der Waals surface area contributed by atoms with Gasteiger partial charge in [0.15, 0.2) is 0 Å². The zero-order valence-electron chi connectivity index (χ0n) is 11.5. The van der Waals surface area contributed by atoms with Crippen molar-refractivity contribution in [3.63, 3.8) is 0 Å². The Balaban J connectivity index is 1.95. The first kappa shape index (κ1) is 12.8. The second kappa shape index (κ2) is 4.71. The number of aliphatic carboxylic acids is 1. The van der Waals surface area contributed by atoms with Crippen LogP contribution in [0.25, 0.3) is 11.3 Å². The van der Waals surface area contributed by atoms with Gasteiger partial charge in [0.1, 0.15) is 5.82 Å². The molecule has 1 heterocycles. The summed E-state index contributed by atoms with van der Waals surface area (Å²) in [6, 6.07) is 10.1. The van der Waals surface area contributed by atoms with Crippen molar-refractivity contribution < 1.29 is 9.90 Å². The number of aryl methyl sites for hydroxylation is 2. The highest BCUT2D eigenvalue weighted by molar-refractivity contribution is 5.75. The summed E-state index contributed by atoms with van der Waals surface area (Å²) >= 11 is 0. The fraction of sp³-hybridized carbons (Fsp3) is 0.312. The second-order valence-electron chi connectivity index (χ2n) is 5.41. The maximum absolute atomic E-state index is 11.0. The number of aromatic nitrogens is 2. The summed E-state index contributed by atoms with van der Waals surface area (Å²) in [5, 5.41) is 9.02. The summed E-state index contributed by atoms with van der Waals surface area (Å²) in [4.78, 5) is 19.9. The number of carboxylic acids is 1. The van der Waals surface area contributed by atoms with E-state index in [-0.39, 0.29) is 11.8 Å². The van der Waals surface area contributed by atoms with Crippen LogP contribution in [0.4, 0.5) is 0 Å². The number of rotatable bonds is 3. The molecule has 1 N–H and O–H groups in total. The average molecular weight is 268 g/mol. The highest BCUT2D eigenvalue weighted by Crippen LogP contribution is 2.46. The molecule has 0 bridgehead atoms. The Hall–Kier alpha value is -2.23. The molecule has 2 atom stereocenters. The van der Waals surface area contributed by atoms with Crippen molar-refractivity contribution in [3.05, 3.63) is 47.4 Å². The minimum absolute atomic E-state index is 0.0309. The van der Waals surface area contributed by atoms with Gasteiger partial charge < -0.3 is 5.11 Å². The van der Waals surface area contributed by atoms with E-state index < -0.39 is 5.97 Å². The van der Waals surface area contributed by atoms with Gasteiger partial charge in [0.25, 0.3) is 0 Å². The van der Waals surface area contributed by atoms with Crippen molar-refractivity contribution in [2.45, 2.75) is 26.2 Å². The molecule has 4 heteroatoms.